The molecule has 6 N–H and O–H groups in total. The zero-order valence-electron chi connectivity index (χ0n) is 10.8. The molecule has 1 aliphatic heterocycles. The Morgan fingerprint density at radius 3 is 2.12 bits per heavy atom. The molecule has 0 amide bonds. The zero-order valence-corrected chi connectivity index (χ0v) is 10.8. The first-order valence-electron chi connectivity index (χ1n) is 6.30. The topological polar surface area (TPSA) is 106 Å². The first kappa shape index (κ1) is 13.8. The number of aliphatic imine (C=N–C) groups is 2. The van der Waals surface area contributed by atoms with Crippen molar-refractivity contribution in [3.05, 3.63) is 0 Å². The Hall–Kier alpha value is -1.30. The number of nitrogens with two attached hydrogens (primary N) is 3. The van der Waals surface area contributed by atoms with Gasteiger partial charge >= 0.3 is 0 Å². The van der Waals surface area contributed by atoms with E-state index in [9.17, 15) is 0 Å². The van der Waals surface area contributed by atoms with Gasteiger partial charge in [-0.05, 0) is 25.7 Å². The average molecular weight is 240 g/mol. The quantitative estimate of drug-likeness (QED) is 0.599. The fourth-order valence-electron chi connectivity index (χ4n) is 2.07. The third kappa shape index (κ3) is 3.09. The van der Waals surface area contributed by atoms with Crippen molar-refractivity contribution < 1.29 is 0 Å². The van der Waals surface area contributed by atoms with Gasteiger partial charge in [0.15, 0.2) is 5.66 Å². The lowest BCUT2D eigenvalue weighted by Gasteiger charge is -2.40. The summed E-state index contributed by atoms with van der Waals surface area (Å²) in [5.41, 5.74) is 11.0. The Balaban J connectivity index is 2.91. The van der Waals surface area contributed by atoms with Gasteiger partial charge in [0.1, 0.15) is 0 Å². The SMILES string of the molecule is CCCCC1(CCCC)N=C(N)N=C(N)N1N. The van der Waals surface area contributed by atoms with Gasteiger partial charge in [-0.3, -0.25) is 5.01 Å². The van der Waals surface area contributed by atoms with Crippen LogP contribution in [0.1, 0.15) is 52.4 Å². The van der Waals surface area contributed by atoms with Gasteiger partial charge in [0, 0.05) is 0 Å². The predicted molar refractivity (Wildman–Crippen MR) is 71.1 cm³/mol. The number of hydrazine groups is 1. The van der Waals surface area contributed by atoms with Crippen molar-refractivity contribution >= 4 is 11.9 Å². The predicted octanol–water partition coefficient (Wildman–Crippen LogP) is 0.882. The maximum absolute atomic E-state index is 6.02. The van der Waals surface area contributed by atoms with Gasteiger partial charge in [0.25, 0.3) is 0 Å². The zero-order chi connectivity index (χ0) is 12.9. The highest BCUT2D eigenvalue weighted by atomic mass is 15.6. The second-order valence-electron chi connectivity index (χ2n) is 4.50. The smallest absolute Gasteiger partial charge is 0.221 e. The molecule has 0 aromatic carbocycles. The molecule has 6 heteroatoms. The maximum atomic E-state index is 6.02. The molecule has 1 rings (SSSR count). The first-order chi connectivity index (χ1) is 8.05. The molecule has 17 heavy (non-hydrogen) atoms. The van der Waals surface area contributed by atoms with Crippen LogP contribution in [-0.4, -0.2) is 22.6 Å². The molecule has 0 aliphatic carbocycles. The van der Waals surface area contributed by atoms with E-state index in [0.717, 1.165) is 38.5 Å². The summed E-state index contributed by atoms with van der Waals surface area (Å²) in [6.45, 7) is 4.28. The minimum Gasteiger partial charge on any atom is -0.368 e. The van der Waals surface area contributed by atoms with Gasteiger partial charge in [-0.2, -0.15) is 4.99 Å². The molecule has 0 atom stereocenters. The summed E-state index contributed by atoms with van der Waals surface area (Å²) in [6.07, 6.45) is 5.99. The molecule has 0 fully saturated rings. The Bertz CT molecular complexity index is 301. The van der Waals surface area contributed by atoms with Crippen molar-refractivity contribution in [3.8, 4) is 0 Å². The average Bonchev–Trinajstić information content (AvgIpc) is 2.30. The molecule has 0 saturated heterocycles. The summed E-state index contributed by atoms with van der Waals surface area (Å²) < 4.78 is 0. The van der Waals surface area contributed by atoms with Crippen LogP contribution in [0.4, 0.5) is 0 Å². The Morgan fingerprint density at radius 1 is 1.12 bits per heavy atom. The molecular formula is C11H24N6. The minimum absolute atomic E-state index is 0.233. The maximum Gasteiger partial charge on any atom is 0.221 e. The van der Waals surface area contributed by atoms with Crippen LogP contribution >= 0.6 is 0 Å². The lowest BCUT2D eigenvalue weighted by atomic mass is 9.95. The molecule has 0 saturated carbocycles. The fourth-order valence-corrected chi connectivity index (χ4v) is 2.07. The fraction of sp³-hybridized carbons (Fsp3) is 0.818. The minimum atomic E-state index is -0.498. The van der Waals surface area contributed by atoms with E-state index in [1.54, 1.807) is 0 Å². The third-order valence-electron chi connectivity index (χ3n) is 3.11. The Morgan fingerprint density at radius 2 is 1.65 bits per heavy atom. The van der Waals surface area contributed by atoms with E-state index in [4.69, 9.17) is 17.3 Å². The largest absolute Gasteiger partial charge is 0.368 e. The Labute approximate surface area is 103 Å². The number of nitrogens with zero attached hydrogens (tertiary/aromatic N) is 3. The van der Waals surface area contributed by atoms with Gasteiger partial charge in [-0.25, -0.2) is 10.8 Å². The van der Waals surface area contributed by atoms with E-state index >= 15 is 0 Å². The highest BCUT2D eigenvalue weighted by molar-refractivity contribution is 5.95. The second-order valence-corrected chi connectivity index (χ2v) is 4.50. The van der Waals surface area contributed by atoms with Crippen LogP contribution in [0.2, 0.25) is 0 Å². The highest BCUT2D eigenvalue weighted by Crippen LogP contribution is 2.29. The van der Waals surface area contributed by atoms with Crippen molar-refractivity contribution in [1.29, 1.82) is 0 Å². The lowest BCUT2D eigenvalue weighted by Crippen LogP contribution is -2.60. The van der Waals surface area contributed by atoms with Crippen LogP contribution < -0.4 is 17.3 Å². The van der Waals surface area contributed by atoms with Crippen molar-refractivity contribution in [3.63, 3.8) is 0 Å². The van der Waals surface area contributed by atoms with Crippen LogP contribution in [0.15, 0.2) is 9.98 Å². The van der Waals surface area contributed by atoms with E-state index in [2.05, 4.69) is 23.8 Å². The van der Waals surface area contributed by atoms with Gasteiger partial charge in [-0.15, -0.1) is 0 Å². The van der Waals surface area contributed by atoms with E-state index in [-0.39, 0.29) is 11.9 Å². The standard InChI is InChI=1S/C11H24N6/c1-3-5-7-11(8-6-4-2)16-9(12)15-10(13)17(11)14/h3-8,14H2,1-2H3,(H4,12,13,15,16). The second kappa shape index (κ2) is 5.86. The van der Waals surface area contributed by atoms with Crippen LogP contribution in [0, 0.1) is 0 Å². The Kier molecular flexibility index (Phi) is 4.74. The summed E-state index contributed by atoms with van der Waals surface area (Å²) in [7, 11) is 0. The highest BCUT2D eigenvalue weighted by Gasteiger charge is 2.38. The van der Waals surface area contributed by atoms with Crippen LogP contribution in [-0.2, 0) is 0 Å². The van der Waals surface area contributed by atoms with Gasteiger partial charge in [0.2, 0.25) is 11.9 Å². The summed E-state index contributed by atoms with van der Waals surface area (Å²) >= 11 is 0. The normalized spacial score (nSPS) is 18.9. The number of rotatable bonds is 6. The number of hydrogen-bond acceptors (Lipinski definition) is 6. The van der Waals surface area contributed by atoms with Gasteiger partial charge < -0.3 is 11.5 Å². The van der Waals surface area contributed by atoms with E-state index in [1.165, 1.54) is 5.01 Å². The monoisotopic (exact) mass is 240 g/mol. The third-order valence-corrected chi connectivity index (χ3v) is 3.11. The molecule has 1 aliphatic rings. The molecule has 0 spiro atoms. The van der Waals surface area contributed by atoms with Crippen LogP contribution in [0.5, 0.6) is 0 Å². The number of guanidine groups is 2. The summed E-state index contributed by atoms with van der Waals surface area (Å²) in [4.78, 5) is 8.35. The molecule has 0 unspecified atom stereocenters. The van der Waals surface area contributed by atoms with E-state index in [1.807, 2.05) is 0 Å². The summed E-state index contributed by atoms with van der Waals surface area (Å²) in [5, 5.41) is 1.48. The van der Waals surface area contributed by atoms with Crippen LogP contribution in [0.25, 0.3) is 0 Å². The van der Waals surface area contributed by atoms with E-state index in [0.29, 0.717) is 0 Å². The van der Waals surface area contributed by atoms with Gasteiger partial charge in [-0.1, -0.05) is 26.7 Å². The molecule has 0 aromatic rings. The molecule has 0 radical (unpaired) electrons. The molecule has 0 bridgehead atoms. The van der Waals surface area contributed by atoms with Crippen molar-refractivity contribution in [2.45, 2.75) is 58.0 Å². The summed E-state index contributed by atoms with van der Waals surface area (Å²) in [5.74, 6) is 6.50. The van der Waals surface area contributed by atoms with Gasteiger partial charge in [0.05, 0.1) is 0 Å². The van der Waals surface area contributed by atoms with Crippen molar-refractivity contribution in [2.75, 3.05) is 0 Å². The van der Waals surface area contributed by atoms with E-state index < -0.39 is 5.66 Å². The lowest BCUT2D eigenvalue weighted by molar-refractivity contribution is 0.143. The first-order valence-corrected chi connectivity index (χ1v) is 6.30. The molecule has 1 heterocycles. The molecule has 98 valence electrons. The number of unbranched alkanes of at least 4 members (excludes halogenated alkanes) is 2. The molecule has 0 aromatic heterocycles. The summed E-state index contributed by atoms with van der Waals surface area (Å²) in [6, 6.07) is 0. The van der Waals surface area contributed by atoms with Crippen LogP contribution in [0.3, 0.4) is 0 Å². The van der Waals surface area contributed by atoms with Crippen molar-refractivity contribution in [2.24, 2.45) is 27.3 Å². The molecular weight excluding hydrogens is 216 g/mol. The number of hydrogen-bond donors (Lipinski definition) is 3. The van der Waals surface area contributed by atoms with Crippen molar-refractivity contribution in [1.82, 2.24) is 5.01 Å². The molecule has 6 nitrogen and oxygen atoms in total.